The van der Waals surface area contributed by atoms with Gasteiger partial charge in [-0.2, -0.15) is 0 Å². The Labute approximate surface area is 115 Å². The van der Waals surface area contributed by atoms with Gasteiger partial charge < -0.3 is 20.7 Å². The van der Waals surface area contributed by atoms with Crippen LogP contribution >= 0.6 is 0 Å². The second-order valence-electron chi connectivity index (χ2n) is 4.53. The molecule has 0 aliphatic carbocycles. The number of ether oxygens (including phenoxy) is 1. The fraction of sp³-hybridized carbons (Fsp3) is 0.385. The first-order valence-electron chi connectivity index (χ1n) is 6.24. The molecule has 1 aliphatic rings. The number of anilines is 1. The van der Waals surface area contributed by atoms with E-state index in [1.54, 1.807) is 6.92 Å². The van der Waals surface area contributed by atoms with E-state index in [1.807, 2.05) is 0 Å². The van der Waals surface area contributed by atoms with E-state index in [2.05, 4.69) is 5.32 Å². The highest BCUT2D eigenvalue weighted by molar-refractivity contribution is 5.98. The lowest BCUT2D eigenvalue weighted by atomic mass is 10.2. The average molecular weight is 281 g/mol. The van der Waals surface area contributed by atoms with Crippen LogP contribution in [0, 0.1) is 5.82 Å². The maximum atomic E-state index is 13.2. The first-order chi connectivity index (χ1) is 9.51. The summed E-state index contributed by atoms with van der Waals surface area (Å²) in [4.78, 5) is 24.7. The molecule has 6 nitrogen and oxygen atoms in total. The van der Waals surface area contributed by atoms with E-state index < -0.39 is 11.7 Å². The molecule has 0 spiro atoms. The molecular weight excluding hydrogens is 265 g/mol. The summed E-state index contributed by atoms with van der Waals surface area (Å²) in [5.41, 5.74) is 5.65. The highest BCUT2D eigenvalue weighted by Crippen LogP contribution is 2.33. The highest BCUT2D eigenvalue weighted by atomic mass is 19.1. The third-order valence-electron chi connectivity index (χ3n) is 2.90. The van der Waals surface area contributed by atoms with Gasteiger partial charge in [-0.15, -0.1) is 0 Å². The summed E-state index contributed by atoms with van der Waals surface area (Å²) in [6.07, 6.45) is -0.251. The van der Waals surface area contributed by atoms with Gasteiger partial charge in [0.1, 0.15) is 17.7 Å². The monoisotopic (exact) mass is 281 g/mol. The van der Waals surface area contributed by atoms with Crippen LogP contribution in [-0.2, 0) is 9.59 Å². The van der Waals surface area contributed by atoms with Crippen molar-refractivity contribution in [3.63, 3.8) is 0 Å². The molecular formula is C13H16FN3O3. The summed E-state index contributed by atoms with van der Waals surface area (Å²) in [7, 11) is 0. The molecule has 1 atom stereocenters. The largest absolute Gasteiger partial charge is 0.487 e. The van der Waals surface area contributed by atoms with Gasteiger partial charge in [-0.1, -0.05) is 0 Å². The van der Waals surface area contributed by atoms with Crippen LogP contribution in [0.3, 0.4) is 0 Å². The number of nitrogens with two attached hydrogens (primary N) is 1. The van der Waals surface area contributed by atoms with Crippen molar-refractivity contribution in [2.45, 2.75) is 13.0 Å². The molecule has 1 unspecified atom stereocenters. The Morgan fingerprint density at radius 3 is 3.00 bits per heavy atom. The Balaban J connectivity index is 2.16. The third kappa shape index (κ3) is 3.05. The number of carbonyl (C=O) groups is 2. The minimum atomic E-state index is -0.429. The molecule has 3 N–H and O–H groups in total. The van der Waals surface area contributed by atoms with E-state index in [0.29, 0.717) is 18.0 Å². The predicted molar refractivity (Wildman–Crippen MR) is 70.9 cm³/mol. The Hall–Kier alpha value is -2.15. The van der Waals surface area contributed by atoms with Crippen LogP contribution in [0.5, 0.6) is 5.75 Å². The van der Waals surface area contributed by atoms with Crippen LogP contribution in [0.1, 0.15) is 6.92 Å². The van der Waals surface area contributed by atoms with Crippen molar-refractivity contribution in [3.05, 3.63) is 24.0 Å². The fourth-order valence-corrected chi connectivity index (χ4v) is 1.99. The van der Waals surface area contributed by atoms with Gasteiger partial charge in [0.2, 0.25) is 11.8 Å². The zero-order valence-electron chi connectivity index (χ0n) is 11.1. The Morgan fingerprint density at radius 1 is 1.55 bits per heavy atom. The Morgan fingerprint density at radius 2 is 2.30 bits per heavy atom. The molecule has 108 valence electrons. The number of rotatable bonds is 3. The summed E-state index contributed by atoms with van der Waals surface area (Å²) in [5, 5.41) is 2.42. The second kappa shape index (κ2) is 5.87. The molecule has 1 aromatic rings. The number of amides is 2. The maximum Gasteiger partial charge on any atom is 0.246 e. The predicted octanol–water partition coefficient (Wildman–Crippen LogP) is 0.0145. The number of nitrogens with one attached hydrogen (secondary N) is 1. The van der Waals surface area contributed by atoms with Crippen molar-refractivity contribution in [2.75, 3.05) is 24.5 Å². The number of fused-ring (bicyclic) bond motifs is 1. The standard InChI is InChI=1S/C13H16FN3O3/c1-8-7-17(13(19)6-16-12(18)5-15)10-3-2-9(14)4-11(10)20-8/h2-4,8H,5-7,15H2,1H3,(H,16,18). The Bertz CT molecular complexity index is 536. The molecule has 7 heteroatoms. The molecule has 0 radical (unpaired) electrons. The summed E-state index contributed by atoms with van der Waals surface area (Å²) >= 11 is 0. The van der Waals surface area contributed by atoms with E-state index >= 15 is 0 Å². The lowest BCUT2D eigenvalue weighted by Crippen LogP contribution is -2.47. The van der Waals surface area contributed by atoms with Crippen LogP contribution in [0.4, 0.5) is 10.1 Å². The number of halogens is 1. The second-order valence-corrected chi connectivity index (χ2v) is 4.53. The van der Waals surface area contributed by atoms with Gasteiger partial charge in [-0.3, -0.25) is 9.59 Å². The molecule has 0 fully saturated rings. The summed E-state index contributed by atoms with van der Waals surface area (Å²) in [6, 6.07) is 3.99. The topological polar surface area (TPSA) is 84.7 Å². The van der Waals surface area contributed by atoms with Crippen LogP contribution < -0.4 is 20.7 Å². The highest BCUT2D eigenvalue weighted by Gasteiger charge is 2.27. The molecule has 0 saturated carbocycles. The Kier molecular flexibility index (Phi) is 4.19. The van der Waals surface area contributed by atoms with Gasteiger partial charge in [0, 0.05) is 6.07 Å². The molecule has 0 bridgehead atoms. The van der Waals surface area contributed by atoms with Crippen LogP contribution in [0.15, 0.2) is 18.2 Å². The van der Waals surface area contributed by atoms with Crippen LogP contribution in [-0.4, -0.2) is 37.6 Å². The molecule has 2 amide bonds. The first kappa shape index (κ1) is 14.3. The minimum Gasteiger partial charge on any atom is -0.487 e. The molecule has 1 aliphatic heterocycles. The number of hydrogen-bond acceptors (Lipinski definition) is 4. The molecule has 0 aromatic heterocycles. The number of benzene rings is 1. The lowest BCUT2D eigenvalue weighted by molar-refractivity contribution is -0.124. The third-order valence-corrected chi connectivity index (χ3v) is 2.90. The first-order valence-corrected chi connectivity index (χ1v) is 6.24. The van der Waals surface area contributed by atoms with Gasteiger partial charge in [-0.25, -0.2) is 4.39 Å². The quantitative estimate of drug-likeness (QED) is 0.817. The zero-order chi connectivity index (χ0) is 14.7. The van der Waals surface area contributed by atoms with Crippen LogP contribution in [0.2, 0.25) is 0 Å². The van der Waals surface area contributed by atoms with Gasteiger partial charge in [0.25, 0.3) is 0 Å². The van der Waals surface area contributed by atoms with Crippen molar-refractivity contribution in [3.8, 4) is 5.75 Å². The normalized spacial score (nSPS) is 17.1. The molecule has 20 heavy (non-hydrogen) atoms. The van der Waals surface area contributed by atoms with Crippen LogP contribution in [0.25, 0.3) is 0 Å². The lowest BCUT2D eigenvalue weighted by Gasteiger charge is -2.33. The molecule has 1 heterocycles. The number of nitrogens with zero attached hydrogens (tertiary/aromatic N) is 1. The zero-order valence-corrected chi connectivity index (χ0v) is 11.1. The number of hydrogen-bond donors (Lipinski definition) is 2. The van der Waals surface area contributed by atoms with Gasteiger partial charge in [0.15, 0.2) is 0 Å². The van der Waals surface area contributed by atoms with Crippen molar-refractivity contribution < 1.29 is 18.7 Å². The molecule has 2 rings (SSSR count). The number of carbonyl (C=O) groups excluding carboxylic acids is 2. The minimum absolute atomic E-state index is 0.153. The van der Waals surface area contributed by atoms with Crippen molar-refractivity contribution in [2.24, 2.45) is 5.73 Å². The van der Waals surface area contributed by atoms with Crippen molar-refractivity contribution >= 4 is 17.5 Å². The van der Waals surface area contributed by atoms with E-state index in [9.17, 15) is 14.0 Å². The van der Waals surface area contributed by atoms with Crippen molar-refractivity contribution in [1.29, 1.82) is 0 Å². The maximum absolute atomic E-state index is 13.2. The van der Waals surface area contributed by atoms with Gasteiger partial charge in [0.05, 0.1) is 25.3 Å². The summed E-state index contributed by atoms with van der Waals surface area (Å²) in [5.74, 6) is -0.808. The molecule has 0 saturated heterocycles. The average Bonchev–Trinajstić information content (AvgIpc) is 2.42. The SMILES string of the molecule is CC1CN(C(=O)CNC(=O)CN)c2ccc(F)cc2O1. The summed E-state index contributed by atoms with van der Waals surface area (Å²) in [6.45, 7) is 1.80. The van der Waals surface area contributed by atoms with E-state index in [4.69, 9.17) is 10.5 Å². The smallest absolute Gasteiger partial charge is 0.246 e. The van der Waals surface area contributed by atoms with Crippen molar-refractivity contribution in [1.82, 2.24) is 5.32 Å². The fourth-order valence-electron chi connectivity index (χ4n) is 1.99. The van der Waals surface area contributed by atoms with E-state index in [1.165, 1.54) is 23.1 Å². The van der Waals surface area contributed by atoms with Gasteiger partial charge >= 0.3 is 0 Å². The van der Waals surface area contributed by atoms with E-state index in [-0.39, 0.29) is 25.1 Å². The molecule has 1 aromatic carbocycles. The van der Waals surface area contributed by atoms with Gasteiger partial charge in [-0.05, 0) is 19.1 Å². The van der Waals surface area contributed by atoms with E-state index in [0.717, 1.165) is 0 Å². The summed E-state index contributed by atoms with van der Waals surface area (Å²) < 4.78 is 18.7.